The highest BCUT2D eigenvalue weighted by Gasteiger charge is 2.20. The summed E-state index contributed by atoms with van der Waals surface area (Å²) in [6.07, 6.45) is 0. The Morgan fingerprint density at radius 1 is 1.50 bits per heavy atom. The zero-order valence-corrected chi connectivity index (χ0v) is 10.4. The Bertz CT molecular complexity index is 463. The first kappa shape index (κ1) is 13.7. The first-order chi connectivity index (χ1) is 8.49. The van der Waals surface area contributed by atoms with Gasteiger partial charge >= 0.3 is 5.69 Å². The Balaban J connectivity index is 3.10. The van der Waals surface area contributed by atoms with Gasteiger partial charge in [0.25, 0.3) is 0 Å². The number of hydrogen-bond acceptors (Lipinski definition) is 6. The summed E-state index contributed by atoms with van der Waals surface area (Å²) in [6.45, 7) is -0.00247. The van der Waals surface area contributed by atoms with Crippen molar-refractivity contribution in [2.45, 2.75) is 0 Å². The standard InChI is InChI=1S/C10H15N5O3/c1-11-8-5-4-7(15(17)18)10(13-8)14(3)6-9(16)12-2/h4-5H,6H2,1-3H3,(H,11,13)(H,12,16). The molecule has 0 aliphatic carbocycles. The molecular formula is C10H15N5O3. The Kier molecular flexibility index (Phi) is 4.41. The smallest absolute Gasteiger partial charge is 0.311 e. The lowest BCUT2D eigenvalue weighted by atomic mass is 10.3. The molecule has 0 aromatic carbocycles. The predicted octanol–water partition coefficient (Wildman–Crippen LogP) is 0.214. The van der Waals surface area contributed by atoms with Crippen molar-refractivity contribution in [1.29, 1.82) is 0 Å². The van der Waals surface area contributed by atoms with Crippen LogP contribution in [0.15, 0.2) is 12.1 Å². The molecule has 1 rings (SSSR count). The molecule has 98 valence electrons. The summed E-state index contributed by atoms with van der Waals surface area (Å²) in [4.78, 5) is 27.2. The maximum Gasteiger partial charge on any atom is 0.311 e. The lowest BCUT2D eigenvalue weighted by Crippen LogP contribution is -2.33. The molecule has 1 aromatic rings. The van der Waals surface area contributed by atoms with E-state index in [1.807, 2.05) is 0 Å². The normalized spacial score (nSPS) is 9.72. The van der Waals surface area contributed by atoms with Gasteiger partial charge in [0.15, 0.2) is 0 Å². The summed E-state index contributed by atoms with van der Waals surface area (Å²) < 4.78 is 0. The Morgan fingerprint density at radius 2 is 2.17 bits per heavy atom. The summed E-state index contributed by atoms with van der Waals surface area (Å²) >= 11 is 0. The van der Waals surface area contributed by atoms with Gasteiger partial charge in [0, 0.05) is 27.2 Å². The molecule has 8 nitrogen and oxygen atoms in total. The maximum absolute atomic E-state index is 11.3. The first-order valence-corrected chi connectivity index (χ1v) is 5.24. The third-order valence-electron chi connectivity index (χ3n) is 2.33. The summed E-state index contributed by atoms with van der Waals surface area (Å²) in [7, 11) is 4.74. The second kappa shape index (κ2) is 5.80. The number of carbonyl (C=O) groups is 1. The fourth-order valence-corrected chi connectivity index (χ4v) is 1.37. The highest BCUT2D eigenvalue weighted by Crippen LogP contribution is 2.26. The van der Waals surface area contributed by atoms with Crippen molar-refractivity contribution in [1.82, 2.24) is 10.3 Å². The summed E-state index contributed by atoms with van der Waals surface area (Å²) in [5, 5.41) is 16.1. The molecule has 0 saturated carbocycles. The van der Waals surface area contributed by atoms with Crippen LogP contribution in [0.4, 0.5) is 17.3 Å². The number of nitrogens with one attached hydrogen (secondary N) is 2. The van der Waals surface area contributed by atoms with Crippen molar-refractivity contribution < 1.29 is 9.72 Å². The number of likely N-dealkylation sites (N-methyl/N-ethyl adjacent to an activating group) is 2. The summed E-state index contributed by atoms with van der Waals surface area (Å²) in [5.41, 5.74) is -0.139. The van der Waals surface area contributed by atoms with E-state index in [9.17, 15) is 14.9 Å². The number of nitro groups is 1. The van der Waals surface area contributed by atoms with Crippen LogP contribution in [0.25, 0.3) is 0 Å². The van der Waals surface area contributed by atoms with E-state index in [0.29, 0.717) is 5.82 Å². The molecular weight excluding hydrogens is 238 g/mol. The molecule has 1 heterocycles. The van der Waals surface area contributed by atoms with Crippen molar-refractivity contribution in [3.8, 4) is 0 Å². The largest absolute Gasteiger partial charge is 0.373 e. The number of nitrogens with zero attached hydrogens (tertiary/aromatic N) is 3. The molecule has 0 atom stereocenters. The van der Waals surface area contributed by atoms with E-state index in [-0.39, 0.29) is 24.0 Å². The zero-order valence-electron chi connectivity index (χ0n) is 10.4. The minimum atomic E-state index is -0.526. The van der Waals surface area contributed by atoms with E-state index in [4.69, 9.17) is 0 Å². The van der Waals surface area contributed by atoms with Crippen molar-refractivity contribution in [3.63, 3.8) is 0 Å². The molecule has 0 unspecified atom stereocenters. The minimum Gasteiger partial charge on any atom is -0.373 e. The lowest BCUT2D eigenvalue weighted by molar-refractivity contribution is -0.384. The summed E-state index contributed by atoms with van der Waals surface area (Å²) in [6, 6.07) is 2.86. The van der Waals surface area contributed by atoms with Gasteiger partial charge in [-0.05, 0) is 6.07 Å². The van der Waals surface area contributed by atoms with E-state index in [1.165, 1.54) is 24.1 Å². The number of carbonyl (C=O) groups excluding carboxylic acids is 1. The average Bonchev–Trinajstić information content (AvgIpc) is 2.37. The molecule has 0 saturated heterocycles. The van der Waals surface area contributed by atoms with Crippen LogP contribution in [0.1, 0.15) is 0 Å². The van der Waals surface area contributed by atoms with Gasteiger partial charge < -0.3 is 15.5 Å². The van der Waals surface area contributed by atoms with Gasteiger partial charge in [-0.3, -0.25) is 14.9 Å². The molecule has 0 aliphatic rings. The maximum atomic E-state index is 11.3. The molecule has 0 aliphatic heterocycles. The van der Waals surface area contributed by atoms with Crippen LogP contribution in [0.5, 0.6) is 0 Å². The SMILES string of the molecule is CNC(=O)CN(C)c1nc(NC)ccc1[N+](=O)[O-]. The fraction of sp³-hybridized carbons (Fsp3) is 0.400. The highest BCUT2D eigenvalue weighted by atomic mass is 16.6. The zero-order chi connectivity index (χ0) is 13.7. The van der Waals surface area contributed by atoms with E-state index in [0.717, 1.165) is 0 Å². The fourth-order valence-electron chi connectivity index (χ4n) is 1.37. The van der Waals surface area contributed by atoms with Gasteiger partial charge in [0.2, 0.25) is 11.7 Å². The van der Waals surface area contributed by atoms with Crippen LogP contribution in [-0.4, -0.2) is 43.5 Å². The topological polar surface area (TPSA) is 100 Å². The van der Waals surface area contributed by atoms with Crippen LogP contribution in [0.3, 0.4) is 0 Å². The Labute approximate surface area is 104 Å². The van der Waals surface area contributed by atoms with Crippen molar-refractivity contribution in [2.75, 3.05) is 37.9 Å². The molecule has 1 aromatic heterocycles. The van der Waals surface area contributed by atoms with Gasteiger partial charge in [0.1, 0.15) is 5.82 Å². The third-order valence-corrected chi connectivity index (χ3v) is 2.33. The molecule has 0 fully saturated rings. The van der Waals surface area contributed by atoms with Gasteiger partial charge in [-0.25, -0.2) is 4.98 Å². The molecule has 0 radical (unpaired) electrons. The second-order valence-electron chi connectivity index (χ2n) is 3.58. The number of rotatable bonds is 5. The monoisotopic (exact) mass is 253 g/mol. The van der Waals surface area contributed by atoms with Crippen LogP contribution >= 0.6 is 0 Å². The number of anilines is 2. The van der Waals surface area contributed by atoms with Crippen molar-refractivity contribution >= 4 is 23.2 Å². The highest BCUT2D eigenvalue weighted by molar-refractivity contribution is 5.81. The minimum absolute atomic E-state index is 0.00247. The molecule has 2 N–H and O–H groups in total. The van der Waals surface area contributed by atoms with Gasteiger partial charge in [-0.15, -0.1) is 0 Å². The van der Waals surface area contributed by atoms with E-state index in [1.54, 1.807) is 14.1 Å². The van der Waals surface area contributed by atoms with Crippen LogP contribution < -0.4 is 15.5 Å². The summed E-state index contributed by atoms with van der Waals surface area (Å²) in [5.74, 6) is 0.401. The van der Waals surface area contributed by atoms with Gasteiger partial charge in [-0.2, -0.15) is 0 Å². The second-order valence-corrected chi connectivity index (χ2v) is 3.58. The van der Waals surface area contributed by atoms with Gasteiger partial charge in [0.05, 0.1) is 11.5 Å². The molecule has 0 spiro atoms. The van der Waals surface area contributed by atoms with Gasteiger partial charge in [-0.1, -0.05) is 0 Å². The van der Waals surface area contributed by atoms with Crippen LogP contribution in [-0.2, 0) is 4.79 Å². The number of aromatic nitrogens is 1. The average molecular weight is 253 g/mol. The van der Waals surface area contributed by atoms with E-state index < -0.39 is 4.92 Å². The third kappa shape index (κ3) is 3.06. The number of pyridine rings is 1. The first-order valence-electron chi connectivity index (χ1n) is 5.24. The number of hydrogen-bond donors (Lipinski definition) is 2. The quantitative estimate of drug-likeness (QED) is 0.575. The van der Waals surface area contributed by atoms with E-state index in [2.05, 4.69) is 15.6 Å². The van der Waals surface area contributed by atoms with Crippen molar-refractivity contribution in [3.05, 3.63) is 22.2 Å². The molecule has 1 amide bonds. The Hall–Kier alpha value is -2.38. The van der Waals surface area contributed by atoms with Crippen molar-refractivity contribution in [2.24, 2.45) is 0 Å². The van der Waals surface area contributed by atoms with Crippen LogP contribution in [0, 0.1) is 10.1 Å². The lowest BCUT2D eigenvalue weighted by Gasteiger charge is -2.17. The van der Waals surface area contributed by atoms with Crippen LogP contribution in [0.2, 0.25) is 0 Å². The Morgan fingerprint density at radius 3 is 2.67 bits per heavy atom. The molecule has 18 heavy (non-hydrogen) atoms. The molecule has 8 heteroatoms. The van der Waals surface area contributed by atoms with E-state index >= 15 is 0 Å². The predicted molar refractivity (Wildman–Crippen MR) is 67.8 cm³/mol. The number of amides is 1. The molecule has 0 bridgehead atoms.